The number of ketones is 1. The van der Waals surface area contributed by atoms with Gasteiger partial charge in [0.15, 0.2) is 5.13 Å². The van der Waals surface area contributed by atoms with E-state index in [1.807, 2.05) is 68.4 Å². The molecule has 1 fully saturated rings. The molecule has 5 rings (SSSR count). The molecule has 1 N–H and O–H groups in total. The van der Waals surface area contributed by atoms with Gasteiger partial charge in [-0.1, -0.05) is 85.3 Å². The lowest BCUT2D eigenvalue weighted by atomic mass is 9.93. The molecule has 4 aromatic rings. The standard InChI is InChI=1S/C29H26N2O3S/c1-16(2)19-10-12-20(13-11-19)25-24(26(32)21-8-5-17(3)6-9-21)27(33)28(34)31(25)29-30-22-14-7-18(4)15-23(22)35-29/h5-16,25,32H,1-4H3/b26-24+. The van der Waals surface area contributed by atoms with Crippen LogP contribution in [0.4, 0.5) is 5.13 Å². The molecule has 0 saturated carbocycles. The second kappa shape index (κ2) is 8.78. The maximum absolute atomic E-state index is 13.4. The van der Waals surface area contributed by atoms with Crippen LogP contribution < -0.4 is 4.90 Å². The summed E-state index contributed by atoms with van der Waals surface area (Å²) >= 11 is 1.37. The van der Waals surface area contributed by atoms with E-state index >= 15 is 0 Å². The van der Waals surface area contributed by atoms with Gasteiger partial charge in [-0.05, 0) is 48.6 Å². The predicted octanol–water partition coefficient (Wildman–Crippen LogP) is 6.66. The second-order valence-electron chi connectivity index (χ2n) is 9.32. The number of aryl methyl sites for hydroxylation is 2. The lowest BCUT2D eigenvalue weighted by Crippen LogP contribution is -2.29. The third kappa shape index (κ3) is 4.04. The monoisotopic (exact) mass is 482 g/mol. The van der Waals surface area contributed by atoms with Crippen molar-refractivity contribution in [3.63, 3.8) is 0 Å². The number of nitrogens with zero attached hydrogens (tertiary/aromatic N) is 2. The molecule has 1 aliphatic rings. The lowest BCUT2D eigenvalue weighted by Gasteiger charge is -2.23. The number of amides is 1. The van der Waals surface area contributed by atoms with E-state index in [-0.39, 0.29) is 11.3 Å². The topological polar surface area (TPSA) is 70.5 Å². The molecule has 35 heavy (non-hydrogen) atoms. The van der Waals surface area contributed by atoms with Crippen molar-refractivity contribution in [3.8, 4) is 0 Å². The van der Waals surface area contributed by atoms with E-state index in [0.29, 0.717) is 16.6 Å². The van der Waals surface area contributed by atoms with Crippen LogP contribution in [0.3, 0.4) is 0 Å². The summed E-state index contributed by atoms with van der Waals surface area (Å²) < 4.78 is 0.939. The van der Waals surface area contributed by atoms with Crippen LogP contribution in [-0.4, -0.2) is 21.8 Å². The first-order chi connectivity index (χ1) is 16.7. The van der Waals surface area contributed by atoms with Crippen LogP contribution in [0, 0.1) is 13.8 Å². The zero-order valence-corrected chi connectivity index (χ0v) is 20.9. The first-order valence-electron chi connectivity index (χ1n) is 11.6. The maximum Gasteiger partial charge on any atom is 0.301 e. The van der Waals surface area contributed by atoms with Gasteiger partial charge in [-0.2, -0.15) is 0 Å². The Morgan fingerprint density at radius 2 is 1.60 bits per heavy atom. The highest BCUT2D eigenvalue weighted by atomic mass is 32.1. The third-order valence-corrected chi connectivity index (χ3v) is 7.44. The number of aromatic nitrogens is 1. The Labute approximate surface area is 208 Å². The summed E-state index contributed by atoms with van der Waals surface area (Å²) in [5.41, 5.74) is 5.37. The van der Waals surface area contributed by atoms with Crippen LogP contribution >= 0.6 is 11.3 Å². The van der Waals surface area contributed by atoms with Gasteiger partial charge in [0.05, 0.1) is 21.8 Å². The minimum Gasteiger partial charge on any atom is -0.507 e. The van der Waals surface area contributed by atoms with Crippen LogP contribution in [-0.2, 0) is 9.59 Å². The van der Waals surface area contributed by atoms with Crippen molar-refractivity contribution in [2.75, 3.05) is 4.90 Å². The Morgan fingerprint density at radius 3 is 2.26 bits per heavy atom. The fraction of sp³-hybridized carbons (Fsp3) is 0.207. The smallest absolute Gasteiger partial charge is 0.301 e. The summed E-state index contributed by atoms with van der Waals surface area (Å²) in [5, 5.41) is 11.7. The van der Waals surface area contributed by atoms with Crippen LogP contribution in [0.15, 0.2) is 72.3 Å². The van der Waals surface area contributed by atoms with Gasteiger partial charge in [0.25, 0.3) is 5.78 Å². The zero-order chi connectivity index (χ0) is 24.9. The quantitative estimate of drug-likeness (QED) is 0.200. The van der Waals surface area contributed by atoms with Crippen molar-refractivity contribution < 1.29 is 14.7 Å². The van der Waals surface area contributed by atoms with Gasteiger partial charge in [-0.3, -0.25) is 14.5 Å². The Bertz CT molecular complexity index is 1480. The molecule has 1 aromatic heterocycles. The van der Waals surface area contributed by atoms with Gasteiger partial charge in [-0.15, -0.1) is 0 Å². The predicted molar refractivity (Wildman–Crippen MR) is 141 cm³/mol. The van der Waals surface area contributed by atoms with Gasteiger partial charge in [0.2, 0.25) is 0 Å². The van der Waals surface area contributed by atoms with E-state index < -0.39 is 17.7 Å². The second-order valence-corrected chi connectivity index (χ2v) is 10.3. The first-order valence-corrected chi connectivity index (χ1v) is 12.4. The number of benzene rings is 3. The molecule has 1 atom stereocenters. The number of rotatable bonds is 4. The fourth-order valence-corrected chi connectivity index (χ4v) is 5.49. The molecule has 1 unspecified atom stereocenters. The van der Waals surface area contributed by atoms with E-state index in [9.17, 15) is 14.7 Å². The molecule has 1 amide bonds. The number of hydrogen-bond donors (Lipinski definition) is 1. The summed E-state index contributed by atoms with van der Waals surface area (Å²) in [4.78, 5) is 32.9. The molecule has 6 heteroatoms. The maximum atomic E-state index is 13.4. The van der Waals surface area contributed by atoms with Crippen molar-refractivity contribution in [2.24, 2.45) is 0 Å². The van der Waals surface area contributed by atoms with Crippen molar-refractivity contribution in [3.05, 3.63) is 100 Å². The molecule has 0 bridgehead atoms. The van der Waals surface area contributed by atoms with Crippen LogP contribution in [0.5, 0.6) is 0 Å². The Balaban J connectivity index is 1.71. The van der Waals surface area contributed by atoms with Crippen LogP contribution in [0.1, 0.15) is 53.6 Å². The van der Waals surface area contributed by atoms with Crippen LogP contribution in [0.25, 0.3) is 16.0 Å². The molecule has 2 heterocycles. The van der Waals surface area contributed by atoms with Crippen LogP contribution in [0.2, 0.25) is 0 Å². The molecule has 1 saturated heterocycles. The number of aliphatic hydroxyl groups excluding tert-OH is 1. The fourth-order valence-electron chi connectivity index (χ4n) is 4.40. The summed E-state index contributed by atoms with van der Waals surface area (Å²) in [6, 6.07) is 20.3. The Kier molecular flexibility index (Phi) is 5.77. The van der Waals surface area contributed by atoms with E-state index in [4.69, 9.17) is 0 Å². The van der Waals surface area contributed by atoms with Crippen molar-refractivity contribution in [1.29, 1.82) is 0 Å². The molecular formula is C29H26N2O3S. The molecule has 0 radical (unpaired) electrons. The number of thiazole rings is 1. The minimum absolute atomic E-state index is 0.0755. The van der Waals surface area contributed by atoms with E-state index in [0.717, 1.165) is 32.5 Å². The molecule has 1 aliphatic heterocycles. The average Bonchev–Trinajstić information content (AvgIpc) is 3.37. The number of Topliss-reactive ketones (excluding diaryl/α,β-unsaturated/α-hetero) is 1. The van der Waals surface area contributed by atoms with Crippen molar-refractivity contribution in [1.82, 2.24) is 4.98 Å². The summed E-state index contributed by atoms with van der Waals surface area (Å²) in [6.45, 7) is 8.18. The highest BCUT2D eigenvalue weighted by Crippen LogP contribution is 2.44. The molecule has 0 spiro atoms. The number of aliphatic hydroxyl groups is 1. The van der Waals surface area contributed by atoms with E-state index in [2.05, 4.69) is 18.8 Å². The third-order valence-electron chi connectivity index (χ3n) is 6.43. The number of hydrogen-bond acceptors (Lipinski definition) is 5. The molecule has 5 nitrogen and oxygen atoms in total. The van der Waals surface area contributed by atoms with Gasteiger partial charge in [0, 0.05) is 5.56 Å². The van der Waals surface area contributed by atoms with E-state index in [1.54, 1.807) is 12.1 Å². The zero-order valence-electron chi connectivity index (χ0n) is 20.1. The number of carbonyl (C=O) groups is 2. The molecular weight excluding hydrogens is 456 g/mol. The molecule has 176 valence electrons. The van der Waals surface area contributed by atoms with Gasteiger partial charge in [-0.25, -0.2) is 4.98 Å². The summed E-state index contributed by atoms with van der Waals surface area (Å²) in [7, 11) is 0. The minimum atomic E-state index is -0.779. The summed E-state index contributed by atoms with van der Waals surface area (Å²) in [5.74, 6) is -1.24. The van der Waals surface area contributed by atoms with Gasteiger partial charge < -0.3 is 5.11 Å². The highest BCUT2D eigenvalue weighted by molar-refractivity contribution is 7.22. The summed E-state index contributed by atoms with van der Waals surface area (Å²) in [6.07, 6.45) is 0. The average molecular weight is 483 g/mol. The number of anilines is 1. The normalized spacial score (nSPS) is 17.6. The van der Waals surface area contributed by atoms with Gasteiger partial charge >= 0.3 is 5.91 Å². The SMILES string of the molecule is Cc1ccc(/C(O)=C2\C(=O)C(=O)N(c3nc4ccc(C)cc4s3)C2c2ccc(C(C)C)cc2)cc1. The number of carbonyl (C=O) groups excluding carboxylic acids is 2. The number of fused-ring (bicyclic) bond motifs is 1. The van der Waals surface area contributed by atoms with Gasteiger partial charge in [0.1, 0.15) is 5.76 Å². The van der Waals surface area contributed by atoms with Crippen molar-refractivity contribution >= 4 is 44.1 Å². The largest absolute Gasteiger partial charge is 0.507 e. The molecule has 3 aromatic carbocycles. The van der Waals surface area contributed by atoms with E-state index in [1.165, 1.54) is 16.2 Å². The first kappa shape index (κ1) is 23.0. The Morgan fingerprint density at radius 1 is 0.943 bits per heavy atom. The lowest BCUT2D eigenvalue weighted by molar-refractivity contribution is -0.132. The Hall–Kier alpha value is -3.77. The molecule has 0 aliphatic carbocycles. The highest BCUT2D eigenvalue weighted by Gasteiger charge is 2.48. The van der Waals surface area contributed by atoms with Crippen molar-refractivity contribution in [2.45, 2.75) is 39.7 Å².